The van der Waals surface area contributed by atoms with Gasteiger partial charge in [0.15, 0.2) is 0 Å². The third-order valence-electron chi connectivity index (χ3n) is 3.90. The van der Waals surface area contributed by atoms with Crippen LogP contribution < -0.4 is 5.32 Å². The Morgan fingerprint density at radius 1 is 1.40 bits per heavy atom. The maximum atomic E-state index is 12.0. The molecule has 0 aromatic carbocycles. The lowest BCUT2D eigenvalue weighted by Gasteiger charge is -2.26. The van der Waals surface area contributed by atoms with Gasteiger partial charge in [-0.1, -0.05) is 20.8 Å². The van der Waals surface area contributed by atoms with Gasteiger partial charge >= 0.3 is 12.0 Å². The summed E-state index contributed by atoms with van der Waals surface area (Å²) in [5, 5.41) is 11.5. The molecule has 6 nitrogen and oxygen atoms in total. The molecule has 20 heavy (non-hydrogen) atoms. The van der Waals surface area contributed by atoms with Crippen LogP contribution in [-0.2, 0) is 4.79 Å². The first-order chi connectivity index (χ1) is 9.47. The number of likely N-dealkylation sites (N-methyl/N-ethyl adjacent to an activating group) is 1. The smallest absolute Gasteiger partial charge is 0.317 e. The fourth-order valence-electron chi connectivity index (χ4n) is 2.71. The molecule has 1 aliphatic heterocycles. The van der Waals surface area contributed by atoms with Gasteiger partial charge in [-0.3, -0.25) is 9.69 Å². The SMILES string of the molecule is CCN(CC)C1CCN(C(=O)NCC(C)CC(=O)O)C1. The molecule has 1 heterocycles. The van der Waals surface area contributed by atoms with Crippen molar-refractivity contribution in [2.75, 3.05) is 32.7 Å². The number of hydrogen-bond acceptors (Lipinski definition) is 3. The van der Waals surface area contributed by atoms with Crippen LogP contribution in [0.2, 0.25) is 0 Å². The van der Waals surface area contributed by atoms with Crippen molar-refractivity contribution in [2.45, 2.75) is 39.7 Å². The van der Waals surface area contributed by atoms with Crippen molar-refractivity contribution in [2.24, 2.45) is 5.92 Å². The van der Waals surface area contributed by atoms with E-state index in [0.29, 0.717) is 12.6 Å². The Kier molecular flexibility index (Phi) is 6.78. The lowest BCUT2D eigenvalue weighted by atomic mass is 10.1. The van der Waals surface area contributed by atoms with E-state index in [4.69, 9.17) is 5.11 Å². The van der Waals surface area contributed by atoms with E-state index in [1.165, 1.54) is 0 Å². The maximum absolute atomic E-state index is 12.0. The number of nitrogens with zero attached hydrogens (tertiary/aromatic N) is 2. The number of amides is 2. The van der Waals surface area contributed by atoms with Crippen molar-refractivity contribution >= 4 is 12.0 Å². The van der Waals surface area contributed by atoms with Gasteiger partial charge in [-0.2, -0.15) is 0 Å². The van der Waals surface area contributed by atoms with Crippen LogP contribution in [0.15, 0.2) is 0 Å². The zero-order valence-electron chi connectivity index (χ0n) is 12.8. The molecule has 0 spiro atoms. The van der Waals surface area contributed by atoms with Gasteiger partial charge in [-0.05, 0) is 25.4 Å². The van der Waals surface area contributed by atoms with Gasteiger partial charge in [-0.15, -0.1) is 0 Å². The predicted octanol–water partition coefficient (Wildman–Crippen LogP) is 1.22. The van der Waals surface area contributed by atoms with Crippen molar-refractivity contribution in [3.8, 4) is 0 Å². The standard InChI is InChI=1S/C14H27N3O3/c1-4-16(5-2)12-6-7-17(10-12)14(20)15-9-11(3)8-13(18)19/h11-12H,4-10H2,1-3H3,(H,15,20)(H,18,19). The molecule has 2 amide bonds. The fraction of sp³-hybridized carbons (Fsp3) is 0.857. The summed E-state index contributed by atoms with van der Waals surface area (Å²) < 4.78 is 0. The van der Waals surface area contributed by atoms with E-state index < -0.39 is 5.97 Å². The number of carboxylic acids is 1. The molecule has 6 heteroatoms. The van der Waals surface area contributed by atoms with Crippen LogP contribution in [0.25, 0.3) is 0 Å². The molecular formula is C14H27N3O3. The van der Waals surface area contributed by atoms with Gasteiger partial charge < -0.3 is 15.3 Å². The molecule has 0 aliphatic carbocycles. The quantitative estimate of drug-likeness (QED) is 0.738. The molecule has 2 N–H and O–H groups in total. The predicted molar refractivity (Wildman–Crippen MR) is 77.7 cm³/mol. The Labute approximate surface area is 121 Å². The number of carboxylic acid groups (broad SMARTS) is 1. The van der Waals surface area contributed by atoms with E-state index in [2.05, 4.69) is 24.1 Å². The van der Waals surface area contributed by atoms with Gasteiger partial charge in [0.1, 0.15) is 0 Å². The molecule has 2 atom stereocenters. The lowest BCUT2D eigenvalue weighted by molar-refractivity contribution is -0.137. The Balaban J connectivity index is 2.33. The zero-order chi connectivity index (χ0) is 15.1. The zero-order valence-corrected chi connectivity index (χ0v) is 12.8. The van der Waals surface area contributed by atoms with Crippen LogP contribution in [0.3, 0.4) is 0 Å². The van der Waals surface area contributed by atoms with E-state index in [-0.39, 0.29) is 18.4 Å². The van der Waals surface area contributed by atoms with Gasteiger partial charge in [0.25, 0.3) is 0 Å². The van der Waals surface area contributed by atoms with E-state index >= 15 is 0 Å². The molecule has 0 aromatic rings. The van der Waals surface area contributed by atoms with Gasteiger partial charge in [0.05, 0.1) is 0 Å². The van der Waals surface area contributed by atoms with Crippen LogP contribution in [-0.4, -0.2) is 65.7 Å². The minimum atomic E-state index is -0.825. The van der Waals surface area contributed by atoms with Crippen molar-refractivity contribution in [3.63, 3.8) is 0 Å². The average molecular weight is 285 g/mol. The van der Waals surface area contributed by atoms with E-state index in [0.717, 1.165) is 32.6 Å². The molecule has 1 saturated heterocycles. The molecule has 1 fully saturated rings. The number of rotatable bonds is 7. The summed E-state index contributed by atoms with van der Waals surface area (Å²) in [6, 6.07) is 0.379. The van der Waals surface area contributed by atoms with Crippen LogP contribution in [0.1, 0.15) is 33.6 Å². The summed E-state index contributed by atoms with van der Waals surface area (Å²) in [4.78, 5) is 26.8. The summed E-state index contributed by atoms with van der Waals surface area (Å²) in [5.41, 5.74) is 0. The van der Waals surface area contributed by atoms with Crippen molar-refractivity contribution < 1.29 is 14.7 Å². The molecular weight excluding hydrogens is 258 g/mol. The highest BCUT2D eigenvalue weighted by Gasteiger charge is 2.29. The fourth-order valence-corrected chi connectivity index (χ4v) is 2.71. The third-order valence-corrected chi connectivity index (χ3v) is 3.90. The molecule has 0 radical (unpaired) electrons. The van der Waals surface area contributed by atoms with Gasteiger partial charge in [0.2, 0.25) is 0 Å². The minimum absolute atomic E-state index is 0.0439. The number of likely N-dealkylation sites (tertiary alicyclic amines) is 1. The summed E-state index contributed by atoms with van der Waals surface area (Å²) in [5.74, 6) is -0.868. The first-order valence-corrected chi connectivity index (χ1v) is 7.46. The summed E-state index contributed by atoms with van der Waals surface area (Å²) in [6.07, 6.45) is 1.10. The Morgan fingerprint density at radius 2 is 2.05 bits per heavy atom. The topological polar surface area (TPSA) is 72.9 Å². The molecule has 1 aliphatic rings. The second kappa shape index (κ2) is 8.09. The normalized spacial score (nSPS) is 20.2. The number of hydrogen-bond donors (Lipinski definition) is 2. The highest BCUT2D eigenvalue weighted by molar-refractivity contribution is 5.74. The number of carbonyl (C=O) groups excluding carboxylic acids is 1. The van der Waals surface area contributed by atoms with Crippen molar-refractivity contribution in [3.05, 3.63) is 0 Å². The second-order valence-corrected chi connectivity index (χ2v) is 5.50. The van der Waals surface area contributed by atoms with Crippen LogP contribution in [0.4, 0.5) is 4.79 Å². The average Bonchev–Trinajstić information content (AvgIpc) is 2.86. The number of carbonyl (C=O) groups is 2. The first kappa shape index (κ1) is 16.8. The van der Waals surface area contributed by atoms with Crippen molar-refractivity contribution in [1.29, 1.82) is 0 Å². The largest absolute Gasteiger partial charge is 0.481 e. The van der Waals surface area contributed by atoms with Gasteiger partial charge in [-0.25, -0.2) is 4.79 Å². The number of nitrogens with one attached hydrogen (secondary N) is 1. The summed E-state index contributed by atoms with van der Waals surface area (Å²) in [7, 11) is 0. The maximum Gasteiger partial charge on any atom is 0.317 e. The summed E-state index contributed by atoms with van der Waals surface area (Å²) in [6.45, 7) is 10.1. The van der Waals surface area contributed by atoms with Crippen molar-refractivity contribution in [1.82, 2.24) is 15.1 Å². The monoisotopic (exact) mass is 285 g/mol. The van der Waals surface area contributed by atoms with Crippen LogP contribution >= 0.6 is 0 Å². The Bertz CT molecular complexity index is 332. The van der Waals surface area contributed by atoms with Crippen LogP contribution in [0, 0.1) is 5.92 Å². The highest BCUT2D eigenvalue weighted by Crippen LogP contribution is 2.15. The number of aliphatic carboxylic acids is 1. The Hall–Kier alpha value is -1.30. The van der Waals surface area contributed by atoms with E-state index in [1.54, 1.807) is 0 Å². The molecule has 116 valence electrons. The third kappa shape index (κ3) is 5.00. The molecule has 0 aromatic heterocycles. The Morgan fingerprint density at radius 3 is 2.60 bits per heavy atom. The molecule has 2 unspecified atom stereocenters. The van der Waals surface area contributed by atoms with Crippen LogP contribution in [0.5, 0.6) is 0 Å². The summed E-state index contributed by atoms with van der Waals surface area (Å²) >= 11 is 0. The molecule has 0 bridgehead atoms. The van der Waals surface area contributed by atoms with E-state index in [9.17, 15) is 9.59 Å². The lowest BCUT2D eigenvalue weighted by Crippen LogP contribution is -2.43. The minimum Gasteiger partial charge on any atom is -0.481 e. The molecule has 0 saturated carbocycles. The van der Waals surface area contributed by atoms with E-state index in [1.807, 2.05) is 11.8 Å². The molecule has 1 rings (SSSR count). The number of urea groups is 1. The van der Waals surface area contributed by atoms with Gasteiger partial charge in [0, 0.05) is 32.1 Å². The second-order valence-electron chi connectivity index (χ2n) is 5.50. The highest BCUT2D eigenvalue weighted by atomic mass is 16.4. The first-order valence-electron chi connectivity index (χ1n) is 7.46.